The lowest BCUT2D eigenvalue weighted by Gasteiger charge is -2.61. The van der Waals surface area contributed by atoms with Gasteiger partial charge in [0.05, 0.1) is 0 Å². The summed E-state index contributed by atoms with van der Waals surface area (Å²) in [5.74, 6) is 8.02. The summed E-state index contributed by atoms with van der Waals surface area (Å²) in [7, 11) is 0. The first-order valence-electron chi connectivity index (χ1n) is 13.8. The molecule has 4 saturated carbocycles. The number of hydrogen-bond donors (Lipinski definition) is 0. The van der Waals surface area contributed by atoms with Gasteiger partial charge in [0.2, 0.25) is 0 Å². The Bertz CT molecular complexity index is 548. The second-order valence-corrected chi connectivity index (χ2v) is 13.1. The summed E-state index contributed by atoms with van der Waals surface area (Å²) >= 11 is 0. The van der Waals surface area contributed by atoms with E-state index < -0.39 is 0 Å². The first-order chi connectivity index (χ1) is 13.8. The molecule has 0 spiro atoms. The smallest absolute Gasteiger partial charge is 0.0264 e. The third-order valence-electron chi connectivity index (χ3n) is 11.8. The van der Waals surface area contributed by atoms with Crippen molar-refractivity contribution in [3.8, 4) is 0 Å². The van der Waals surface area contributed by atoms with Crippen molar-refractivity contribution in [2.45, 2.75) is 125 Å². The zero-order valence-electron chi connectivity index (χ0n) is 20.8. The van der Waals surface area contributed by atoms with Crippen molar-refractivity contribution in [3.05, 3.63) is 0 Å². The molecule has 0 aromatic heterocycles. The molecule has 0 aliphatic heterocycles. The minimum atomic E-state index is 0.665. The van der Waals surface area contributed by atoms with Crippen molar-refractivity contribution < 1.29 is 0 Å². The maximum absolute atomic E-state index is 2.76. The first-order valence-corrected chi connectivity index (χ1v) is 13.8. The summed E-state index contributed by atoms with van der Waals surface area (Å²) < 4.78 is 0. The molecule has 0 aromatic rings. The van der Waals surface area contributed by atoms with Gasteiger partial charge < -0.3 is 0 Å². The maximum Gasteiger partial charge on any atom is -0.0264 e. The van der Waals surface area contributed by atoms with Gasteiger partial charge in [-0.05, 0) is 116 Å². The molecule has 0 radical (unpaired) electrons. The van der Waals surface area contributed by atoms with Crippen molar-refractivity contribution in [2.75, 3.05) is 0 Å². The zero-order valence-corrected chi connectivity index (χ0v) is 20.8. The molecule has 0 bridgehead atoms. The van der Waals surface area contributed by atoms with Gasteiger partial charge in [0.25, 0.3) is 0 Å². The lowest BCUT2D eigenvalue weighted by atomic mass is 9.44. The second kappa shape index (κ2) is 8.50. The molecule has 4 rings (SSSR count). The van der Waals surface area contributed by atoms with Crippen LogP contribution in [-0.2, 0) is 0 Å². The van der Waals surface area contributed by atoms with Crippen LogP contribution in [0.3, 0.4) is 0 Å². The van der Waals surface area contributed by atoms with Crippen LogP contribution >= 0.6 is 0 Å². The Balaban J connectivity index is 1.45. The number of hydrogen-bond acceptors (Lipinski definition) is 0. The normalized spacial score (nSPS) is 46.7. The van der Waals surface area contributed by atoms with Gasteiger partial charge in [-0.25, -0.2) is 0 Å². The number of rotatable bonds is 6. The van der Waals surface area contributed by atoms with Gasteiger partial charge in [0.1, 0.15) is 0 Å². The summed E-state index contributed by atoms with van der Waals surface area (Å²) in [5, 5.41) is 0. The van der Waals surface area contributed by atoms with Crippen LogP contribution in [0, 0.1) is 58.2 Å². The van der Waals surface area contributed by atoms with E-state index in [2.05, 4.69) is 41.5 Å². The van der Waals surface area contributed by atoms with Gasteiger partial charge >= 0.3 is 0 Å². The van der Waals surface area contributed by atoms with Crippen LogP contribution in [0.2, 0.25) is 0 Å². The Kier molecular flexibility index (Phi) is 6.51. The van der Waals surface area contributed by atoms with E-state index in [0.717, 1.165) is 47.3 Å². The molecule has 0 N–H and O–H groups in total. The van der Waals surface area contributed by atoms with Gasteiger partial charge in [-0.2, -0.15) is 0 Å². The van der Waals surface area contributed by atoms with Crippen LogP contribution in [0.1, 0.15) is 125 Å². The fourth-order valence-corrected chi connectivity index (χ4v) is 9.96. The highest BCUT2D eigenvalue weighted by Gasteiger charge is 2.60. The topological polar surface area (TPSA) is 0 Å². The quantitative estimate of drug-likeness (QED) is 0.417. The molecule has 0 nitrogen and oxygen atoms in total. The van der Waals surface area contributed by atoms with E-state index in [1.165, 1.54) is 32.1 Å². The van der Waals surface area contributed by atoms with Crippen LogP contribution in [-0.4, -0.2) is 0 Å². The lowest BCUT2D eigenvalue weighted by Crippen LogP contribution is -2.53. The molecule has 4 aliphatic carbocycles. The Morgan fingerprint density at radius 2 is 1.52 bits per heavy atom. The fourth-order valence-electron chi connectivity index (χ4n) is 9.96. The largest absolute Gasteiger partial charge is 0.0651 e. The fraction of sp³-hybridized carbons (Fsp3) is 1.00. The molecule has 4 aliphatic rings. The second-order valence-electron chi connectivity index (χ2n) is 13.1. The SMILES string of the molecule is CCC(CCC(C)C1CCC2C3CCC4CCCC[C@]4(C)C3CC[C@]12C)C(C)C. The first kappa shape index (κ1) is 22.2. The third-order valence-corrected chi connectivity index (χ3v) is 11.8. The molecule has 7 unspecified atom stereocenters. The van der Waals surface area contributed by atoms with Crippen LogP contribution in [0.4, 0.5) is 0 Å². The summed E-state index contributed by atoms with van der Waals surface area (Å²) in [6, 6.07) is 0. The van der Waals surface area contributed by atoms with Gasteiger partial charge in [-0.1, -0.05) is 67.2 Å². The molecular formula is C29H52. The Hall–Kier alpha value is 0. The van der Waals surface area contributed by atoms with Crippen molar-refractivity contribution in [2.24, 2.45) is 58.2 Å². The predicted octanol–water partition coefficient (Wildman–Crippen LogP) is 9.13. The molecule has 0 amide bonds. The van der Waals surface area contributed by atoms with Crippen LogP contribution in [0.5, 0.6) is 0 Å². The van der Waals surface area contributed by atoms with E-state index in [1.807, 2.05) is 0 Å². The van der Waals surface area contributed by atoms with Crippen LogP contribution < -0.4 is 0 Å². The maximum atomic E-state index is 2.76. The highest BCUT2D eigenvalue weighted by molar-refractivity contribution is 5.09. The van der Waals surface area contributed by atoms with Crippen molar-refractivity contribution in [3.63, 3.8) is 0 Å². The van der Waals surface area contributed by atoms with Crippen LogP contribution in [0.25, 0.3) is 0 Å². The molecule has 0 saturated heterocycles. The molecule has 0 heteroatoms. The highest BCUT2D eigenvalue weighted by Crippen LogP contribution is 2.68. The Labute approximate surface area is 183 Å². The predicted molar refractivity (Wildman–Crippen MR) is 127 cm³/mol. The highest BCUT2D eigenvalue weighted by atomic mass is 14.6. The van der Waals surface area contributed by atoms with Crippen molar-refractivity contribution in [1.29, 1.82) is 0 Å². The van der Waals surface area contributed by atoms with Gasteiger partial charge in [0, 0.05) is 0 Å². The van der Waals surface area contributed by atoms with Crippen molar-refractivity contribution >= 4 is 0 Å². The standard InChI is InChI=1S/C29H52/c1-7-22(20(2)3)12-11-21(4)25-15-16-26-24-14-13-23-10-8-9-18-28(23,5)27(24)17-19-29(25,26)6/h20-27H,7-19H2,1-6H3/t21?,22?,23?,24?,25?,26?,27?,28-,29+/m0/s1. The molecule has 29 heavy (non-hydrogen) atoms. The molecular weight excluding hydrogens is 348 g/mol. The van der Waals surface area contributed by atoms with Crippen LogP contribution in [0.15, 0.2) is 0 Å². The van der Waals surface area contributed by atoms with E-state index >= 15 is 0 Å². The van der Waals surface area contributed by atoms with Gasteiger partial charge in [0.15, 0.2) is 0 Å². The minimum Gasteiger partial charge on any atom is -0.0651 e. The lowest BCUT2D eigenvalue weighted by molar-refractivity contribution is -0.114. The molecule has 4 fully saturated rings. The average Bonchev–Trinajstić information content (AvgIpc) is 3.05. The Morgan fingerprint density at radius 1 is 0.759 bits per heavy atom. The van der Waals surface area contributed by atoms with E-state index in [9.17, 15) is 0 Å². The number of fused-ring (bicyclic) bond motifs is 5. The molecule has 9 atom stereocenters. The van der Waals surface area contributed by atoms with E-state index in [1.54, 1.807) is 51.4 Å². The Morgan fingerprint density at radius 3 is 2.24 bits per heavy atom. The van der Waals surface area contributed by atoms with Gasteiger partial charge in [-0.3, -0.25) is 0 Å². The van der Waals surface area contributed by atoms with E-state index in [-0.39, 0.29) is 0 Å². The third kappa shape index (κ3) is 3.75. The van der Waals surface area contributed by atoms with E-state index in [0.29, 0.717) is 10.8 Å². The summed E-state index contributed by atoms with van der Waals surface area (Å²) in [6.45, 7) is 15.4. The summed E-state index contributed by atoms with van der Waals surface area (Å²) in [5.41, 5.74) is 1.37. The molecule has 168 valence electrons. The minimum absolute atomic E-state index is 0.665. The average molecular weight is 401 g/mol. The molecule has 0 heterocycles. The molecule has 0 aromatic carbocycles. The monoisotopic (exact) mass is 400 g/mol. The van der Waals surface area contributed by atoms with E-state index in [4.69, 9.17) is 0 Å². The summed E-state index contributed by atoms with van der Waals surface area (Å²) in [4.78, 5) is 0. The van der Waals surface area contributed by atoms with Gasteiger partial charge in [-0.15, -0.1) is 0 Å². The summed E-state index contributed by atoms with van der Waals surface area (Å²) in [6.07, 6.45) is 19.8. The van der Waals surface area contributed by atoms with Crippen molar-refractivity contribution in [1.82, 2.24) is 0 Å². The zero-order chi connectivity index (χ0) is 20.8.